The SMILES string of the molecule is Cc1ccccc1C(=O)N1CCCC1c1nc(C2CC2)no1. The number of hydrogen-bond acceptors (Lipinski definition) is 4. The number of benzene rings is 1. The summed E-state index contributed by atoms with van der Waals surface area (Å²) in [6.45, 7) is 2.72. The largest absolute Gasteiger partial charge is 0.337 e. The van der Waals surface area contributed by atoms with E-state index in [9.17, 15) is 4.79 Å². The molecule has 4 rings (SSSR count). The Labute approximate surface area is 129 Å². The highest BCUT2D eigenvalue weighted by molar-refractivity contribution is 5.96. The minimum absolute atomic E-state index is 0.0618. The minimum atomic E-state index is -0.0768. The number of nitrogens with zero attached hydrogens (tertiary/aromatic N) is 3. The first-order valence-electron chi connectivity index (χ1n) is 7.94. The summed E-state index contributed by atoms with van der Waals surface area (Å²) in [6, 6.07) is 7.63. The molecule has 1 atom stereocenters. The van der Waals surface area contributed by atoms with Gasteiger partial charge in [-0.25, -0.2) is 0 Å². The molecule has 0 N–H and O–H groups in total. The summed E-state index contributed by atoms with van der Waals surface area (Å²) >= 11 is 0. The van der Waals surface area contributed by atoms with Gasteiger partial charge in [-0.15, -0.1) is 0 Å². The van der Waals surface area contributed by atoms with Gasteiger partial charge in [0.15, 0.2) is 5.82 Å². The molecule has 0 spiro atoms. The zero-order valence-corrected chi connectivity index (χ0v) is 12.7. The Morgan fingerprint density at radius 2 is 2.09 bits per heavy atom. The van der Waals surface area contributed by atoms with Crippen molar-refractivity contribution in [1.29, 1.82) is 0 Å². The van der Waals surface area contributed by atoms with Crippen molar-refractivity contribution in [2.75, 3.05) is 6.54 Å². The Hall–Kier alpha value is -2.17. The number of rotatable bonds is 3. The molecule has 1 unspecified atom stereocenters. The Bertz CT molecular complexity index is 705. The van der Waals surface area contributed by atoms with E-state index in [0.29, 0.717) is 11.8 Å². The molecule has 0 radical (unpaired) electrons. The van der Waals surface area contributed by atoms with Crippen LogP contribution in [0.5, 0.6) is 0 Å². The smallest absolute Gasteiger partial charge is 0.254 e. The van der Waals surface area contributed by atoms with Crippen molar-refractivity contribution in [2.45, 2.75) is 44.6 Å². The summed E-state index contributed by atoms with van der Waals surface area (Å²) in [5.74, 6) is 1.94. The average Bonchev–Trinajstić information content (AvgIpc) is 3.07. The molecule has 1 aliphatic carbocycles. The van der Waals surface area contributed by atoms with Gasteiger partial charge in [-0.2, -0.15) is 4.98 Å². The van der Waals surface area contributed by atoms with Crippen LogP contribution in [0.2, 0.25) is 0 Å². The van der Waals surface area contributed by atoms with E-state index in [1.54, 1.807) is 0 Å². The molecular weight excluding hydrogens is 278 g/mol. The van der Waals surface area contributed by atoms with E-state index in [0.717, 1.165) is 49.2 Å². The highest BCUT2D eigenvalue weighted by Gasteiger charge is 2.36. The first kappa shape index (κ1) is 13.5. The van der Waals surface area contributed by atoms with Gasteiger partial charge in [0.1, 0.15) is 6.04 Å². The fourth-order valence-electron chi connectivity index (χ4n) is 3.12. The summed E-state index contributed by atoms with van der Waals surface area (Å²) in [7, 11) is 0. The maximum absolute atomic E-state index is 12.8. The van der Waals surface area contributed by atoms with Crippen LogP contribution >= 0.6 is 0 Å². The quantitative estimate of drug-likeness (QED) is 0.872. The van der Waals surface area contributed by atoms with Gasteiger partial charge in [-0.3, -0.25) is 4.79 Å². The lowest BCUT2D eigenvalue weighted by Gasteiger charge is -2.22. The van der Waals surface area contributed by atoms with Gasteiger partial charge in [0.05, 0.1) is 0 Å². The molecule has 2 aromatic rings. The van der Waals surface area contributed by atoms with E-state index in [4.69, 9.17) is 4.52 Å². The first-order chi connectivity index (χ1) is 10.7. The van der Waals surface area contributed by atoms with Crippen LogP contribution in [0.4, 0.5) is 0 Å². The number of likely N-dealkylation sites (tertiary alicyclic amines) is 1. The summed E-state index contributed by atoms with van der Waals surface area (Å²) in [5, 5.41) is 4.08. The maximum atomic E-state index is 12.8. The molecule has 22 heavy (non-hydrogen) atoms. The molecule has 1 saturated heterocycles. The Morgan fingerprint density at radius 3 is 2.86 bits per heavy atom. The standard InChI is InChI=1S/C17H19N3O2/c1-11-5-2-3-6-13(11)17(21)20-10-4-7-14(20)16-18-15(19-22-16)12-8-9-12/h2-3,5-6,12,14H,4,7-10H2,1H3. The molecule has 1 saturated carbocycles. The second-order valence-corrected chi connectivity index (χ2v) is 6.24. The Kier molecular flexibility index (Phi) is 3.21. The molecule has 1 aromatic carbocycles. The molecule has 114 valence electrons. The maximum Gasteiger partial charge on any atom is 0.254 e. The number of carbonyl (C=O) groups is 1. The van der Waals surface area contributed by atoms with Crippen LogP contribution in [0.3, 0.4) is 0 Å². The van der Waals surface area contributed by atoms with E-state index in [2.05, 4.69) is 10.1 Å². The number of hydrogen-bond donors (Lipinski definition) is 0. The number of aryl methyl sites for hydroxylation is 1. The minimum Gasteiger partial charge on any atom is -0.337 e. The zero-order chi connectivity index (χ0) is 15.1. The van der Waals surface area contributed by atoms with Crippen molar-refractivity contribution in [3.63, 3.8) is 0 Å². The van der Waals surface area contributed by atoms with E-state index in [1.807, 2.05) is 36.1 Å². The molecule has 0 bridgehead atoms. The number of carbonyl (C=O) groups excluding carboxylic acids is 1. The molecule has 1 aromatic heterocycles. The average molecular weight is 297 g/mol. The van der Waals surface area contributed by atoms with Gasteiger partial charge in [0.25, 0.3) is 5.91 Å². The second-order valence-electron chi connectivity index (χ2n) is 6.24. The van der Waals surface area contributed by atoms with Gasteiger partial charge >= 0.3 is 0 Å². The van der Waals surface area contributed by atoms with Crippen LogP contribution in [0, 0.1) is 6.92 Å². The molecule has 2 fully saturated rings. The number of amides is 1. The third kappa shape index (κ3) is 2.30. The van der Waals surface area contributed by atoms with Crippen molar-refractivity contribution in [3.05, 3.63) is 47.1 Å². The Balaban J connectivity index is 1.60. The monoisotopic (exact) mass is 297 g/mol. The van der Waals surface area contributed by atoms with Crippen LogP contribution in [0.15, 0.2) is 28.8 Å². The van der Waals surface area contributed by atoms with Crippen LogP contribution in [0.25, 0.3) is 0 Å². The summed E-state index contributed by atoms with van der Waals surface area (Å²) < 4.78 is 5.44. The fraction of sp³-hybridized carbons (Fsp3) is 0.471. The lowest BCUT2D eigenvalue weighted by Crippen LogP contribution is -2.31. The van der Waals surface area contributed by atoms with E-state index in [-0.39, 0.29) is 11.9 Å². The van der Waals surface area contributed by atoms with Gasteiger partial charge in [-0.1, -0.05) is 23.4 Å². The van der Waals surface area contributed by atoms with E-state index in [1.165, 1.54) is 0 Å². The topological polar surface area (TPSA) is 59.2 Å². The summed E-state index contributed by atoms with van der Waals surface area (Å²) in [4.78, 5) is 19.3. The third-order valence-electron chi connectivity index (χ3n) is 4.57. The highest BCUT2D eigenvalue weighted by Crippen LogP contribution is 2.40. The predicted octanol–water partition coefficient (Wildman–Crippen LogP) is 3.23. The van der Waals surface area contributed by atoms with Gasteiger partial charge < -0.3 is 9.42 Å². The third-order valence-corrected chi connectivity index (χ3v) is 4.57. The first-order valence-corrected chi connectivity index (χ1v) is 7.94. The van der Waals surface area contributed by atoms with Gasteiger partial charge in [0.2, 0.25) is 5.89 Å². The van der Waals surface area contributed by atoms with E-state index >= 15 is 0 Å². The van der Waals surface area contributed by atoms with Crippen LogP contribution < -0.4 is 0 Å². The van der Waals surface area contributed by atoms with Gasteiger partial charge in [-0.05, 0) is 44.2 Å². The Morgan fingerprint density at radius 1 is 1.27 bits per heavy atom. The molecule has 1 aliphatic heterocycles. The predicted molar refractivity (Wildman–Crippen MR) is 80.5 cm³/mol. The lowest BCUT2D eigenvalue weighted by atomic mass is 10.1. The summed E-state index contributed by atoms with van der Waals surface area (Å²) in [5.41, 5.74) is 1.76. The van der Waals surface area contributed by atoms with Crippen molar-refractivity contribution in [3.8, 4) is 0 Å². The van der Waals surface area contributed by atoms with Crippen LogP contribution in [-0.4, -0.2) is 27.5 Å². The molecule has 5 nitrogen and oxygen atoms in total. The normalized spacial score (nSPS) is 21.3. The van der Waals surface area contributed by atoms with Gasteiger partial charge in [0, 0.05) is 18.0 Å². The molecule has 1 amide bonds. The van der Waals surface area contributed by atoms with Crippen LogP contribution in [-0.2, 0) is 0 Å². The second kappa shape index (κ2) is 5.23. The lowest BCUT2D eigenvalue weighted by molar-refractivity contribution is 0.0709. The van der Waals surface area contributed by atoms with Crippen LogP contribution in [0.1, 0.15) is 65.3 Å². The summed E-state index contributed by atoms with van der Waals surface area (Å²) in [6.07, 6.45) is 4.17. The number of aromatic nitrogens is 2. The molecule has 2 aliphatic rings. The fourth-order valence-corrected chi connectivity index (χ4v) is 3.12. The van der Waals surface area contributed by atoms with Crippen molar-refractivity contribution in [2.24, 2.45) is 0 Å². The van der Waals surface area contributed by atoms with Crippen molar-refractivity contribution < 1.29 is 9.32 Å². The van der Waals surface area contributed by atoms with E-state index < -0.39 is 0 Å². The zero-order valence-electron chi connectivity index (χ0n) is 12.7. The van der Waals surface area contributed by atoms with Crippen molar-refractivity contribution >= 4 is 5.91 Å². The molecule has 2 heterocycles. The molecular formula is C17H19N3O2. The highest BCUT2D eigenvalue weighted by atomic mass is 16.5. The molecule has 5 heteroatoms. The van der Waals surface area contributed by atoms with Crippen molar-refractivity contribution in [1.82, 2.24) is 15.0 Å².